The van der Waals surface area contributed by atoms with Crippen LogP contribution < -0.4 is 11.1 Å². The van der Waals surface area contributed by atoms with Gasteiger partial charge in [0.1, 0.15) is 0 Å². The lowest BCUT2D eigenvalue weighted by molar-refractivity contribution is 0.0697. The second-order valence-electron chi connectivity index (χ2n) is 4.07. The molecule has 4 N–H and O–H groups in total. The summed E-state index contributed by atoms with van der Waals surface area (Å²) in [7, 11) is 0. The molecule has 1 amide bonds. The molecule has 0 aliphatic carbocycles. The monoisotopic (exact) mass is 382 g/mol. The summed E-state index contributed by atoms with van der Waals surface area (Å²) in [6, 6.07) is 11.3. The molecule has 0 aliphatic heterocycles. The van der Waals surface area contributed by atoms with E-state index in [0.717, 1.165) is 3.57 Å². The van der Waals surface area contributed by atoms with Crippen LogP contribution in [0.1, 0.15) is 20.7 Å². The number of rotatable bonds is 3. The predicted octanol–water partition coefficient (Wildman–Crippen LogP) is 2.82. The predicted molar refractivity (Wildman–Crippen MR) is 84.9 cm³/mol. The minimum Gasteiger partial charge on any atom is -0.478 e. The van der Waals surface area contributed by atoms with Crippen LogP contribution in [0.15, 0.2) is 42.5 Å². The Hall–Kier alpha value is -2.09. The SMILES string of the molecule is Nc1cc(C(=O)O)ccc1NC(=O)c1cccc(I)c1. The quantitative estimate of drug-likeness (QED) is 0.562. The molecule has 2 aromatic rings. The average Bonchev–Trinajstić information content (AvgIpc) is 2.40. The summed E-state index contributed by atoms with van der Waals surface area (Å²) in [4.78, 5) is 22.9. The molecule has 2 rings (SSSR count). The third kappa shape index (κ3) is 3.27. The van der Waals surface area contributed by atoms with Gasteiger partial charge in [0, 0.05) is 9.13 Å². The van der Waals surface area contributed by atoms with Crippen molar-refractivity contribution in [2.24, 2.45) is 0 Å². The highest BCUT2D eigenvalue weighted by Crippen LogP contribution is 2.21. The highest BCUT2D eigenvalue weighted by molar-refractivity contribution is 14.1. The molecule has 102 valence electrons. The van der Waals surface area contributed by atoms with E-state index in [1.54, 1.807) is 18.2 Å². The molecule has 0 bridgehead atoms. The van der Waals surface area contributed by atoms with E-state index < -0.39 is 5.97 Å². The van der Waals surface area contributed by atoms with Gasteiger partial charge >= 0.3 is 5.97 Å². The van der Waals surface area contributed by atoms with Crippen molar-refractivity contribution in [2.45, 2.75) is 0 Å². The van der Waals surface area contributed by atoms with Crippen molar-refractivity contribution in [3.8, 4) is 0 Å². The third-order valence-corrected chi connectivity index (χ3v) is 3.30. The molecule has 0 unspecified atom stereocenters. The van der Waals surface area contributed by atoms with E-state index in [2.05, 4.69) is 27.9 Å². The normalized spacial score (nSPS) is 10.1. The molecular formula is C14H11IN2O3. The van der Waals surface area contributed by atoms with Gasteiger partial charge in [-0.15, -0.1) is 0 Å². The van der Waals surface area contributed by atoms with E-state index in [0.29, 0.717) is 11.3 Å². The number of hydrogen-bond acceptors (Lipinski definition) is 3. The Bertz CT molecular complexity index is 686. The Morgan fingerprint density at radius 2 is 1.85 bits per heavy atom. The van der Waals surface area contributed by atoms with Gasteiger partial charge in [-0.1, -0.05) is 6.07 Å². The number of nitrogen functional groups attached to an aromatic ring is 1. The van der Waals surface area contributed by atoms with E-state index in [1.807, 2.05) is 6.07 Å². The fraction of sp³-hybridized carbons (Fsp3) is 0. The average molecular weight is 382 g/mol. The van der Waals surface area contributed by atoms with E-state index in [-0.39, 0.29) is 17.2 Å². The number of carboxylic acids is 1. The third-order valence-electron chi connectivity index (χ3n) is 2.63. The van der Waals surface area contributed by atoms with Gasteiger partial charge in [-0.25, -0.2) is 4.79 Å². The van der Waals surface area contributed by atoms with E-state index in [1.165, 1.54) is 18.2 Å². The van der Waals surface area contributed by atoms with Crippen LogP contribution in [0, 0.1) is 3.57 Å². The Morgan fingerprint density at radius 1 is 1.10 bits per heavy atom. The molecule has 2 aromatic carbocycles. The number of nitrogens with one attached hydrogen (secondary N) is 1. The molecule has 5 nitrogen and oxygen atoms in total. The first-order valence-electron chi connectivity index (χ1n) is 5.67. The lowest BCUT2D eigenvalue weighted by atomic mass is 10.1. The number of carboxylic acid groups (broad SMARTS) is 1. The van der Waals surface area contributed by atoms with Gasteiger partial charge in [-0.2, -0.15) is 0 Å². The van der Waals surface area contributed by atoms with Crippen molar-refractivity contribution in [3.63, 3.8) is 0 Å². The fourth-order valence-corrected chi connectivity index (χ4v) is 2.18. The Morgan fingerprint density at radius 3 is 2.45 bits per heavy atom. The lowest BCUT2D eigenvalue weighted by Gasteiger charge is -2.09. The van der Waals surface area contributed by atoms with Crippen molar-refractivity contribution in [1.29, 1.82) is 0 Å². The number of hydrogen-bond donors (Lipinski definition) is 3. The van der Waals surface area contributed by atoms with E-state index in [9.17, 15) is 9.59 Å². The molecule has 0 atom stereocenters. The lowest BCUT2D eigenvalue weighted by Crippen LogP contribution is -2.13. The topological polar surface area (TPSA) is 92.4 Å². The Kier molecular flexibility index (Phi) is 4.23. The summed E-state index contributed by atoms with van der Waals surface area (Å²) in [5, 5.41) is 11.5. The first-order valence-corrected chi connectivity index (χ1v) is 6.75. The van der Waals surface area contributed by atoms with Gasteiger partial charge < -0.3 is 16.2 Å². The highest BCUT2D eigenvalue weighted by atomic mass is 127. The van der Waals surface area contributed by atoms with E-state index >= 15 is 0 Å². The standard InChI is InChI=1S/C14H11IN2O3/c15-10-3-1-2-8(6-10)13(18)17-12-5-4-9(14(19)20)7-11(12)16/h1-7H,16H2,(H,17,18)(H,19,20). The summed E-state index contributed by atoms with van der Waals surface area (Å²) in [6.45, 7) is 0. The zero-order valence-electron chi connectivity index (χ0n) is 10.3. The summed E-state index contributed by atoms with van der Waals surface area (Å²) >= 11 is 2.12. The van der Waals surface area contributed by atoms with Crippen LogP contribution in [-0.4, -0.2) is 17.0 Å². The number of aromatic carboxylic acids is 1. The van der Waals surface area contributed by atoms with Gasteiger partial charge in [0.15, 0.2) is 0 Å². The van der Waals surface area contributed by atoms with Crippen LogP contribution in [0.2, 0.25) is 0 Å². The number of anilines is 2. The zero-order valence-corrected chi connectivity index (χ0v) is 12.4. The smallest absolute Gasteiger partial charge is 0.335 e. The molecular weight excluding hydrogens is 371 g/mol. The van der Waals surface area contributed by atoms with Crippen LogP contribution in [0.4, 0.5) is 11.4 Å². The second-order valence-corrected chi connectivity index (χ2v) is 5.32. The number of nitrogens with two attached hydrogens (primary N) is 1. The minimum absolute atomic E-state index is 0.0785. The maximum Gasteiger partial charge on any atom is 0.335 e. The first kappa shape index (κ1) is 14.3. The van der Waals surface area contributed by atoms with Gasteiger partial charge in [0.2, 0.25) is 0 Å². The van der Waals surface area contributed by atoms with Crippen molar-refractivity contribution < 1.29 is 14.7 Å². The van der Waals surface area contributed by atoms with Crippen LogP contribution in [0.25, 0.3) is 0 Å². The number of benzene rings is 2. The number of carbonyl (C=O) groups excluding carboxylic acids is 1. The molecule has 20 heavy (non-hydrogen) atoms. The van der Waals surface area contributed by atoms with Gasteiger partial charge in [-0.05, 0) is 59.0 Å². The Labute approximate surface area is 128 Å². The van der Waals surface area contributed by atoms with Crippen molar-refractivity contribution in [2.75, 3.05) is 11.1 Å². The number of amides is 1. The maximum absolute atomic E-state index is 12.1. The van der Waals surface area contributed by atoms with E-state index in [4.69, 9.17) is 10.8 Å². The van der Waals surface area contributed by atoms with Crippen molar-refractivity contribution >= 4 is 45.8 Å². The molecule has 0 aliphatic rings. The number of halogens is 1. The maximum atomic E-state index is 12.1. The first-order chi connectivity index (χ1) is 9.47. The van der Waals surface area contributed by atoms with Crippen molar-refractivity contribution in [1.82, 2.24) is 0 Å². The molecule has 0 radical (unpaired) electrons. The molecule has 0 spiro atoms. The van der Waals surface area contributed by atoms with Gasteiger partial charge in [0.25, 0.3) is 5.91 Å². The largest absolute Gasteiger partial charge is 0.478 e. The molecule has 0 saturated heterocycles. The molecule has 0 fully saturated rings. The van der Waals surface area contributed by atoms with Crippen molar-refractivity contribution in [3.05, 3.63) is 57.2 Å². The minimum atomic E-state index is -1.06. The molecule has 0 saturated carbocycles. The van der Waals surface area contributed by atoms with Crippen LogP contribution >= 0.6 is 22.6 Å². The number of carbonyl (C=O) groups is 2. The summed E-state index contributed by atoms with van der Waals surface area (Å²) in [6.07, 6.45) is 0. The summed E-state index contributed by atoms with van der Waals surface area (Å²) < 4.78 is 0.949. The summed E-state index contributed by atoms with van der Waals surface area (Å²) in [5.41, 5.74) is 6.93. The molecule has 0 heterocycles. The van der Waals surface area contributed by atoms with Crippen LogP contribution in [-0.2, 0) is 0 Å². The van der Waals surface area contributed by atoms with Crippen LogP contribution in [0.5, 0.6) is 0 Å². The molecule has 0 aromatic heterocycles. The molecule has 6 heteroatoms. The Balaban J connectivity index is 2.22. The van der Waals surface area contributed by atoms with Crippen LogP contribution in [0.3, 0.4) is 0 Å². The zero-order chi connectivity index (χ0) is 14.7. The fourth-order valence-electron chi connectivity index (χ4n) is 1.63. The van der Waals surface area contributed by atoms with Gasteiger partial charge in [0.05, 0.1) is 16.9 Å². The van der Waals surface area contributed by atoms with Gasteiger partial charge in [-0.3, -0.25) is 4.79 Å². The second kappa shape index (κ2) is 5.91. The summed E-state index contributed by atoms with van der Waals surface area (Å²) in [5.74, 6) is -1.36. The highest BCUT2D eigenvalue weighted by Gasteiger charge is 2.10.